The molecule has 3 N–H and O–H groups in total. The van der Waals surface area contributed by atoms with Crippen molar-refractivity contribution < 1.29 is 18.3 Å². The molecule has 1 aliphatic carbocycles. The molecule has 0 amide bonds. The van der Waals surface area contributed by atoms with Gasteiger partial charge in [-0.05, 0) is 29.7 Å². The standard InChI is InChI=1S/C16H16N4O5S2/c1-8(2)7-27(24,25)16-19-20-13(17)10(14(23)18-15(20)26-16)5-9-3-4-11(21)12(22)6-9/h3-6,8,22H,7,17H2,1-2H3/b9-5+. The summed E-state index contributed by atoms with van der Waals surface area (Å²) in [6.45, 7) is 3.55. The van der Waals surface area contributed by atoms with Crippen molar-refractivity contribution in [3.63, 3.8) is 0 Å². The molecular weight excluding hydrogens is 392 g/mol. The van der Waals surface area contributed by atoms with Gasteiger partial charge in [-0.15, -0.1) is 5.10 Å². The molecular formula is C16H16N4O5S2. The van der Waals surface area contributed by atoms with Gasteiger partial charge in [-0.25, -0.2) is 8.42 Å². The number of sulfone groups is 1. The Balaban J connectivity index is 2.14. The van der Waals surface area contributed by atoms with E-state index in [1.54, 1.807) is 13.8 Å². The fourth-order valence-electron chi connectivity index (χ4n) is 2.43. The largest absolute Gasteiger partial charge is 0.504 e. The van der Waals surface area contributed by atoms with Gasteiger partial charge in [0.2, 0.25) is 24.9 Å². The first-order chi connectivity index (χ1) is 12.6. The van der Waals surface area contributed by atoms with Gasteiger partial charge in [0, 0.05) is 0 Å². The maximum atomic E-state index is 12.4. The van der Waals surface area contributed by atoms with Crippen LogP contribution in [0.15, 0.2) is 38.7 Å². The fourth-order valence-corrected chi connectivity index (χ4v) is 5.22. The highest BCUT2D eigenvalue weighted by molar-refractivity contribution is 7.93. The van der Waals surface area contributed by atoms with Crippen LogP contribution in [0.5, 0.6) is 0 Å². The highest BCUT2D eigenvalue weighted by Crippen LogP contribution is 2.24. The van der Waals surface area contributed by atoms with E-state index in [4.69, 9.17) is 5.73 Å². The number of aliphatic hydroxyl groups is 1. The Kier molecular flexibility index (Phi) is 4.74. The van der Waals surface area contributed by atoms with E-state index in [0.717, 1.165) is 21.9 Å². The lowest BCUT2D eigenvalue weighted by Crippen LogP contribution is -2.17. The first-order valence-electron chi connectivity index (χ1n) is 7.85. The number of hydrogen-bond donors (Lipinski definition) is 2. The quantitative estimate of drug-likeness (QED) is 0.766. The number of aromatic nitrogens is 3. The molecule has 0 saturated heterocycles. The molecule has 11 heteroatoms. The molecule has 0 unspecified atom stereocenters. The zero-order valence-electron chi connectivity index (χ0n) is 14.4. The zero-order chi connectivity index (χ0) is 19.9. The van der Waals surface area contributed by atoms with Crippen LogP contribution in [0.25, 0.3) is 11.0 Å². The number of aliphatic hydroxyl groups excluding tert-OH is 1. The van der Waals surface area contributed by atoms with Crippen molar-refractivity contribution in [2.45, 2.75) is 18.2 Å². The van der Waals surface area contributed by atoms with E-state index in [2.05, 4.69) is 10.1 Å². The third-order valence-electron chi connectivity index (χ3n) is 3.59. The number of rotatable bonds is 4. The average Bonchev–Trinajstić information content (AvgIpc) is 2.98. The number of ketones is 1. The van der Waals surface area contributed by atoms with E-state index < -0.39 is 26.9 Å². The summed E-state index contributed by atoms with van der Waals surface area (Å²) in [6, 6.07) is 0. The van der Waals surface area contributed by atoms with Crippen LogP contribution in [-0.4, -0.2) is 39.7 Å². The van der Waals surface area contributed by atoms with Crippen LogP contribution in [0.1, 0.15) is 19.4 Å². The van der Waals surface area contributed by atoms with Gasteiger partial charge >= 0.3 is 0 Å². The molecule has 0 fully saturated rings. The lowest BCUT2D eigenvalue weighted by molar-refractivity contribution is -0.113. The lowest BCUT2D eigenvalue weighted by Gasteiger charge is -2.05. The minimum absolute atomic E-state index is 0.0244. The number of allylic oxidation sites excluding steroid dienone is 4. The van der Waals surface area contributed by atoms with Crippen LogP contribution in [0, 0.1) is 5.92 Å². The van der Waals surface area contributed by atoms with E-state index in [-0.39, 0.29) is 32.4 Å². The Labute approximate surface area is 158 Å². The molecule has 142 valence electrons. The Morgan fingerprint density at radius 3 is 2.67 bits per heavy atom. The molecule has 0 bridgehead atoms. The monoisotopic (exact) mass is 408 g/mol. The van der Waals surface area contributed by atoms with E-state index in [0.29, 0.717) is 5.57 Å². The van der Waals surface area contributed by atoms with E-state index in [9.17, 15) is 23.1 Å². The second-order valence-electron chi connectivity index (χ2n) is 6.32. The van der Waals surface area contributed by atoms with Crippen LogP contribution < -0.4 is 11.3 Å². The topological polar surface area (TPSA) is 145 Å². The first-order valence-corrected chi connectivity index (χ1v) is 10.3. The molecule has 0 aliphatic heterocycles. The number of carbonyl (C=O) groups is 1. The highest BCUT2D eigenvalue weighted by Gasteiger charge is 2.23. The van der Waals surface area contributed by atoms with E-state index in [1.807, 2.05) is 0 Å². The number of nitrogen functional groups attached to an aromatic ring is 1. The third-order valence-corrected chi connectivity index (χ3v) is 7.02. The molecule has 2 aromatic rings. The summed E-state index contributed by atoms with van der Waals surface area (Å²) < 4.78 is 25.7. The van der Waals surface area contributed by atoms with Crippen LogP contribution >= 0.6 is 11.3 Å². The van der Waals surface area contributed by atoms with Crippen molar-refractivity contribution in [3.05, 3.63) is 45.5 Å². The number of carbonyl (C=O) groups excluding carboxylic acids is 1. The third kappa shape index (κ3) is 3.69. The number of fused-ring (bicyclic) bond motifs is 1. The molecule has 0 spiro atoms. The van der Waals surface area contributed by atoms with Gasteiger partial charge in [-0.3, -0.25) is 9.59 Å². The summed E-state index contributed by atoms with van der Waals surface area (Å²) >= 11 is 0.772. The lowest BCUT2D eigenvalue weighted by atomic mass is 10.1. The van der Waals surface area contributed by atoms with Crippen molar-refractivity contribution in [1.82, 2.24) is 14.6 Å². The summed E-state index contributed by atoms with van der Waals surface area (Å²) in [5.41, 5.74) is 5.68. The molecule has 0 saturated carbocycles. The predicted molar refractivity (Wildman–Crippen MR) is 101 cm³/mol. The van der Waals surface area contributed by atoms with Crippen molar-refractivity contribution in [3.8, 4) is 0 Å². The van der Waals surface area contributed by atoms with Crippen molar-refractivity contribution in [1.29, 1.82) is 0 Å². The van der Waals surface area contributed by atoms with Crippen LogP contribution in [0.4, 0.5) is 5.82 Å². The van der Waals surface area contributed by atoms with E-state index in [1.165, 1.54) is 18.2 Å². The van der Waals surface area contributed by atoms with Gasteiger partial charge < -0.3 is 10.8 Å². The summed E-state index contributed by atoms with van der Waals surface area (Å²) in [5.74, 6) is -1.28. The Hall–Kier alpha value is -2.79. The Bertz CT molecular complexity index is 1200. The smallest absolute Gasteiger partial charge is 0.283 e. The van der Waals surface area contributed by atoms with Crippen LogP contribution in [-0.2, 0) is 14.6 Å². The van der Waals surface area contributed by atoms with Crippen molar-refractivity contribution >= 4 is 43.8 Å². The Morgan fingerprint density at radius 2 is 2.04 bits per heavy atom. The van der Waals surface area contributed by atoms with Gasteiger partial charge in [-0.1, -0.05) is 31.3 Å². The second-order valence-corrected chi connectivity index (χ2v) is 9.49. The maximum Gasteiger partial charge on any atom is 0.283 e. The SMILES string of the molecule is CC(C)CS(=O)(=O)c1nn2c(N)c(/C=C3\C=CC(=O)C(O)=C3)c(=O)nc2s1. The number of anilines is 1. The predicted octanol–water partition coefficient (Wildman–Crippen LogP) is 1.13. The normalized spacial score (nSPS) is 16.5. The van der Waals surface area contributed by atoms with Gasteiger partial charge in [0.1, 0.15) is 5.82 Å². The summed E-state index contributed by atoms with van der Waals surface area (Å²) in [6.07, 6.45) is 5.10. The summed E-state index contributed by atoms with van der Waals surface area (Å²) in [7, 11) is -3.62. The van der Waals surface area contributed by atoms with Gasteiger partial charge in [0.05, 0.1) is 11.3 Å². The minimum atomic E-state index is -3.62. The minimum Gasteiger partial charge on any atom is -0.504 e. The molecule has 0 radical (unpaired) electrons. The van der Waals surface area contributed by atoms with Crippen LogP contribution in [0.3, 0.4) is 0 Å². The maximum absolute atomic E-state index is 12.4. The molecule has 27 heavy (non-hydrogen) atoms. The number of nitrogens with zero attached hydrogens (tertiary/aromatic N) is 3. The fraction of sp³-hybridized carbons (Fsp3) is 0.250. The highest BCUT2D eigenvalue weighted by atomic mass is 32.2. The van der Waals surface area contributed by atoms with Gasteiger partial charge in [0.15, 0.2) is 5.76 Å². The van der Waals surface area contributed by atoms with E-state index >= 15 is 0 Å². The van der Waals surface area contributed by atoms with Gasteiger partial charge in [0.25, 0.3) is 5.56 Å². The number of hydrogen-bond acceptors (Lipinski definition) is 9. The van der Waals surface area contributed by atoms with Crippen molar-refractivity contribution in [2.75, 3.05) is 11.5 Å². The van der Waals surface area contributed by atoms with Crippen molar-refractivity contribution in [2.24, 2.45) is 5.92 Å². The Morgan fingerprint density at radius 1 is 1.33 bits per heavy atom. The van der Waals surface area contributed by atoms with Crippen LogP contribution in [0.2, 0.25) is 0 Å². The van der Waals surface area contributed by atoms with Gasteiger partial charge in [-0.2, -0.15) is 9.50 Å². The molecule has 0 atom stereocenters. The molecule has 0 aromatic carbocycles. The summed E-state index contributed by atoms with van der Waals surface area (Å²) in [5, 5.41) is 13.5. The number of nitrogens with two attached hydrogens (primary N) is 1. The zero-order valence-corrected chi connectivity index (χ0v) is 16.0. The molecule has 2 aromatic heterocycles. The molecule has 3 rings (SSSR count). The molecule has 9 nitrogen and oxygen atoms in total. The average molecular weight is 408 g/mol. The molecule has 1 aliphatic rings. The molecule has 2 heterocycles. The first kappa shape index (κ1) is 19.0. The second kappa shape index (κ2) is 6.74. The summed E-state index contributed by atoms with van der Waals surface area (Å²) in [4.78, 5) is 27.5.